The molecule has 0 aromatic heterocycles. The number of ether oxygens (including phenoxy) is 1. The van der Waals surface area contributed by atoms with Crippen molar-refractivity contribution < 1.29 is 9.13 Å². The van der Waals surface area contributed by atoms with E-state index in [9.17, 15) is 4.39 Å². The van der Waals surface area contributed by atoms with Crippen LogP contribution in [0.1, 0.15) is 24.9 Å². The summed E-state index contributed by atoms with van der Waals surface area (Å²) in [6.45, 7) is 4.89. The average Bonchev–Trinajstić information content (AvgIpc) is 2.58. The zero-order valence-corrected chi connectivity index (χ0v) is 12.7. The molecule has 2 atom stereocenters. The monoisotopic (exact) mass is 330 g/mol. The minimum Gasteiger partial charge on any atom is -0.377 e. The van der Waals surface area contributed by atoms with E-state index in [1.165, 1.54) is 6.07 Å². The molecule has 1 aliphatic heterocycles. The number of hydrogen-bond donors (Lipinski definition) is 1. The molecule has 1 aromatic carbocycles. The van der Waals surface area contributed by atoms with Crippen molar-refractivity contribution in [3.8, 4) is 0 Å². The molecule has 19 heavy (non-hydrogen) atoms. The number of benzene rings is 1. The van der Waals surface area contributed by atoms with E-state index in [4.69, 9.17) is 10.5 Å². The molecule has 0 amide bonds. The number of nitrogens with two attached hydrogens (primary N) is 1. The van der Waals surface area contributed by atoms with E-state index in [1.807, 2.05) is 19.1 Å². The lowest BCUT2D eigenvalue weighted by Gasteiger charge is -2.31. The van der Waals surface area contributed by atoms with Crippen LogP contribution < -0.4 is 5.73 Å². The standard InChI is InChI=1S/C14H20BrFN2O/c1-10-9-18(5-2-6-19-10)14(8-17)12-4-3-11(15)7-13(12)16/h3-4,7,10,14H,2,5-6,8-9,17H2,1H3. The van der Waals surface area contributed by atoms with Gasteiger partial charge in [0, 0.05) is 36.3 Å². The lowest BCUT2D eigenvalue weighted by atomic mass is 10.0. The van der Waals surface area contributed by atoms with Crippen molar-refractivity contribution in [1.29, 1.82) is 0 Å². The lowest BCUT2D eigenvalue weighted by molar-refractivity contribution is 0.0608. The van der Waals surface area contributed by atoms with Crippen LogP contribution in [0.15, 0.2) is 22.7 Å². The normalized spacial score (nSPS) is 23.1. The Hall–Kier alpha value is -0.490. The highest BCUT2D eigenvalue weighted by Crippen LogP contribution is 2.26. The van der Waals surface area contributed by atoms with E-state index in [-0.39, 0.29) is 18.0 Å². The summed E-state index contributed by atoms with van der Waals surface area (Å²) in [5.74, 6) is -0.206. The van der Waals surface area contributed by atoms with Crippen LogP contribution in [-0.4, -0.2) is 37.2 Å². The van der Waals surface area contributed by atoms with E-state index in [0.29, 0.717) is 12.1 Å². The summed E-state index contributed by atoms with van der Waals surface area (Å²) in [6, 6.07) is 5.08. The molecule has 0 saturated carbocycles. The van der Waals surface area contributed by atoms with Crippen molar-refractivity contribution in [1.82, 2.24) is 4.90 Å². The van der Waals surface area contributed by atoms with Gasteiger partial charge in [-0.25, -0.2) is 4.39 Å². The second kappa shape index (κ2) is 6.79. The fourth-order valence-electron chi connectivity index (χ4n) is 2.55. The highest BCUT2D eigenvalue weighted by molar-refractivity contribution is 9.10. The van der Waals surface area contributed by atoms with Crippen molar-refractivity contribution in [2.75, 3.05) is 26.2 Å². The summed E-state index contributed by atoms with van der Waals surface area (Å²) in [6.07, 6.45) is 1.12. The number of hydrogen-bond acceptors (Lipinski definition) is 3. The van der Waals surface area contributed by atoms with Crippen molar-refractivity contribution >= 4 is 15.9 Å². The van der Waals surface area contributed by atoms with Crippen molar-refractivity contribution in [3.63, 3.8) is 0 Å². The maximum Gasteiger partial charge on any atom is 0.129 e. The van der Waals surface area contributed by atoms with Gasteiger partial charge in [-0.3, -0.25) is 4.90 Å². The first-order chi connectivity index (χ1) is 9.11. The molecule has 0 bridgehead atoms. The minimum absolute atomic E-state index is 0.0859. The quantitative estimate of drug-likeness (QED) is 0.926. The molecule has 1 fully saturated rings. The maximum atomic E-state index is 14.1. The number of halogens is 2. The van der Waals surface area contributed by atoms with E-state index < -0.39 is 0 Å². The molecule has 1 aliphatic rings. The zero-order chi connectivity index (χ0) is 13.8. The van der Waals surface area contributed by atoms with Crippen LogP contribution in [0.25, 0.3) is 0 Å². The van der Waals surface area contributed by atoms with Gasteiger partial charge in [-0.1, -0.05) is 22.0 Å². The molecule has 2 unspecified atom stereocenters. The van der Waals surface area contributed by atoms with Crippen LogP contribution in [0.4, 0.5) is 4.39 Å². The highest BCUT2D eigenvalue weighted by atomic mass is 79.9. The van der Waals surface area contributed by atoms with Crippen LogP contribution in [0.5, 0.6) is 0 Å². The molecule has 3 nitrogen and oxygen atoms in total. The fourth-order valence-corrected chi connectivity index (χ4v) is 2.89. The molecule has 5 heteroatoms. The lowest BCUT2D eigenvalue weighted by Crippen LogP contribution is -2.38. The Morgan fingerprint density at radius 1 is 1.58 bits per heavy atom. The van der Waals surface area contributed by atoms with Gasteiger partial charge in [0.15, 0.2) is 0 Å². The highest BCUT2D eigenvalue weighted by Gasteiger charge is 2.25. The molecule has 0 spiro atoms. The van der Waals surface area contributed by atoms with Crippen LogP contribution in [0, 0.1) is 5.82 Å². The Bertz CT molecular complexity index is 430. The maximum absolute atomic E-state index is 14.1. The van der Waals surface area contributed by atoms with Gasteiger partial charge in [0.25, 0.3) is 0 Å². The summed E-state index contributed by atoms with van der Waals surface area (Å²) in [5, 5.41) is 0. The Balaban J connectivity index is 2.22. The van der Waals surface area contributed by atoms with Gasteiger partial charge >= 0.3 is 0 Å². The Labute approximate surface area is 122 Å². The fraction of sp³-hybridized carbons (Fsp3) is 0.571. The van der Waals surface area contributed by atoms with Gasteiger partial charge in [0.05, 0.1) is 12.1 Å². The SMILES string of the molecule is CC1CN(C(CN)c2ccc(Br)cc2F)CCCO1. The largest absolute Gasteiger partial charge is 0.377 e. The first-order valence-electron chi connectivity index (χ1n) is 6.62. The summed E-state index contributed by atoms with van der Waals surface area (Å²) in [7, 11) is 0. The molecule has 0 radical (unpaired) electrons. The van der Waals surface area contributed by atoms with Gasteiger partial charge in [0.1, 0.15) is 5.82 Å². The van der Waals surface area contributed by atoms with Gasteiger partial charge in [-0.15, -0.1) is 0 Å². The third kappa shape index (κ3) is 3.75. The van der Waals surface area contributed by atoms with Crippen LogP contribution in [0.3, 0.4) is 0 Å². The molecule has 2 rings (SSSR count). The zero-order valence-electron chi connectivity index (χ0n) is 11.1. The molecular formula is C14H20BrFN2O. The van der Waals surface area contributed by atoms with Crippen LogP contribution in [-0.2, 0) is 4.74 Å². The van der Waals surface area contributed by atoms with E-state index in [2.05, 4.69) is 20.8 Å². The van der Waals surface area contributed by atoms with E-state index >= 15 is 0 Å². The molecule has 1 aromatic rings. The van der Waals surface area contributed by atoms with Gasteiger partial charge in [0.2, 0.25) is 0 Å². The predicted molar refractivity (Wildman–Crippen MR) is 77.5 cm³/mol. The van der Waals surface area contributed by atoms with Crippen molar-refractivity contribution in [3.05, 3.63) is 34.1 Å². The second-order valence-corrected chi connectivity index (χ2v) is 5.86. The van der Waals surface area contributed by atoms with Gasteiger partial charge in [-0.2, -0.15) is 0 Å². The molecule has 1 heterocycles. The first-order valence-corrected chi connectivity index (χ1v) is 7.41. The molecule has 2 N–H and O–H groups in total. The molecular weight excluding hydrogens is 311 g/mol. The predicted octanol–water partition coefficient (Wildman–Crippen LogP) is 2.70. The second-order valence-electron chi connectivity index (χ2n) is 4.95. The van der Waals surface area contributed by atoms with Crippen LogP contribution in [0.2, 0.25) is 0 Å². The van der Waals surface area contributed by atoms with E-state index in [1.54, 1.807) is 0 Å². The third-order valence-corrected chi connectivity index (χ3v) is 3.96. The summed E-state index contributed by atoms with van der Waals surface area (Å²) in [4.78, 5) is 2.23. The molecule has 106 valence electrons. The van der Waals surface area contributed by atoms with Gasteiger partial charge in [-0.05, 0) is 25.5 Å². The molecule has 1 saturated heterocycles. The Morgan fingerprint density at radius 2 is 2.37 bits per heavy atom. The minimum atomic E-state index is -0.206. The molecule has 0 aliphatic carbocycles. The topological polar surface area (TPSA) is 38.5 Å². The van der Waals surface area contributed by atoms with Crippen LogP contribution >= 0.6 is 15.9 Å². The summed E-state index contributed by atoms with van der Waals surface area (Å²) >= 11 is 3.28. The number of nitrogens with zero attached hydrogens (tertiary/aromatic N) is 1. The van der Waals surface area contributed by atoms with Gasteiger partial charge < -0.3 is 10.5 Å². The number of rotatable bonds is 3. The summed E-state index contributed by atoms with van der Waals surface area (Å²) < 4.78 is 20.5. The average molecular weight is 331 g/mol. The smallest absolute Gasteiger partial charge is 0.129 e. The van der Waals surface area contributed by atoms with Crippen molar-refractivity contribution in [2.45, 2.75) is 25.5 Å². The Morgan fingerprint density at radius 3 is 3.05 bits per heavy atom. The summed E-state index contributed by atoms with van der Waals surface area (Å²) in [5.41, 5.74) is 6.54. The third-order valence-electron chi connectivity index (χ3n) is 3.47. The Kier molecular flexibility index (Phi) is 5.33. The first kappa shape index (κ1) is 14.9. The van der Waals surface area contributed by atoms with E-state index in [0.717, 1.165) is 30.6 Å². The van der Waals surface area contributed by atoms with Crippen molar-refractivity contribution in [2.24, 2.45) is 5.73 Å².